The maximum Gasteiger partial charge on any atom is 0.242 e. The number of hydrogen-bond donors (Lipinski definition) is 2. The molecule has 3 aromatic rings. The minimum atomic E-state index is 0.547. The quantitative estimate of drug-likeness (QED) is 0.653. The first-order valence-electron chi connectivity index (χ1n) is 7.55. The van der Waals surface area contributed by atoms with Gasteiger partial charge in [-0.25, -0.2) is 0 Å². The molecule has 0 saturated heterocycles. The molecule has 0 unspecified atom stereocenters. The van der Waals surface area contributed by atoms with E-state index in [9.17, 15) is 0 Å². The van der Waals surface area contributed by atoms with Gasteiger partial charge in [0.25, 0.3) is 0 Å². The zero-order chi connectivity index (χ0) is 16.1. The fraction of sp³-hybridized carbons (Fsp3) is 0.312. The molecule has 0 aliphatic rings. The third-order valence-electron chi connectivity index (χ3n) is 3.33. The van der Waals surface area contributed by atoms with E-state index in [1.165, 1.54) is 0 Å². The second kappa shape index (κ2) is 6.95. The molecule has 0 atom stereocenters. The Bertz CT molecular complexity index is 749. The van der Waals surface area contributed by atoms with Crippen LogP contribution in [-0.2, 0) is 6.54 Å². The number of para-hydroxylation sites is 1. The van der Waals surface area contributed by atoms with Crippen LogP contribution in [0.1, 0.15) is 17.2 Å². The standard InChI is InChI=1S/C16H20N6O/c1-12-10-13(2)22(21-12)11-15-18-16(20-19-15)17-8-9-23-14-6-4-3-5-7-14/h3-7,10H,8-9,11H2,1-2H3,(H2,17,18,19,20). The molecular formula is C16H20N6O. The zero-order valence-corrected chi connectivity index (χ0v) is 13.3. The van der Waals surface area contributed by atoms with Gasteiger partial charge in [0.05, 0.1) is 12.2 Å². The summed E-state index contributed by atoms with van der Waals surface area (Å²) in [5.41, 5.74) is 2.10. The van der Waals surface area contributed by atoms with Crippen LogP contribution in [0.4, 0.5) is 5.95 Å². The summed E-state index contributed by atoms with van der Waals surface area (Å²) >= 11 is 0. The Morgan fingerprint density at radius 2 is 2.04 bits per heavy atom. The second-order valence-electron chi connectivity index (χ2n) is 5.28. The van der Waals surface area contributed by atoms with Crippen LogP contribution in [0.25, 0.3) is 0 Å². The lowest BCUT2D eigenvalue weighted by molar-refractivity contribution is 0.332. The Morgan fingerprint density at radius 3 is 2.78 bits per heavy atom. The van der Waals surface area contributed by atoms with E-state index in [-0.39, 0.29) is 0 Å². The molecule has 0 aliphatic heterocycles. The van der Waals surface area contributed by atoms with Crippen molar-refractivity contribution in [2.45, 2.75) is 20.4 Å². The highest BCUT2D eigenvalue weighted by atomic mass is 16.5. The van der Waals surface area contributed by atoms with Gasteiger partial charge in [0.15, 0.2) is 0 Å². The van der Waals surface area contributed by atoms with Crippen LogP contribution in [0.15, 0.2) is 36.4 Å². The van der Waals surface area contributed by atoms with Gasteiger partial charge in [-0.2, -0.15) is 10.1 Å². The average molecular weight is 312 g/mol. The Labute approximate surface area is 134 Å². The summed E-state index contributed by atoms with van der Waals surface area (Å²) in [5, 5.41) is 14.6. The maximum absolute atomic E-state index is 5.61. The van der Waals surface area contributed by atoms with Gasteiger partial charge in [0.1, 0.15) is 24.7 Å². The molecule has 0 saturated carbocycles. The van der Waals surface area contributed by atoms with Crippen molar-refractivity contribution in [3.63, 3.8) is 0 Å². The minimum absolute atomic E-state index is 0.547. The van der Waals surface area contributed by atoms with E-state index in [2.05, 4.69) is 25.6 Å². The minimum Gasteiger partial charge on any atom is -0.492 e. The summed E-state index contributed by atoms with van der Waals surface area (Å²) < 4.78 is 7.51. The number of ether oxygens (including phenoxy) is 1. The van der Waals surface area contributed by atoms with Gasteiger partial charge in [0, 0.05) is 5.69 Å². The molecule has 2 heterocycles. The zero-order valence-electron chi connectivity index (χ0n) is 13.3. The van der Waals surface area contributed by atoms with Crippen LogP contribution in [0.2, 0.25) is 0 Å². The molecule has 3 rings (SSSR count). The number of aromatic amines is 1. The van der Waals surface area contributed by atoms with Crippen molar-refractivity contribution in [1.29, 1.82) is 0 Å². The molecule has 0 spiro atoms. The molecule has 7 nitrogen and oxygen atoms in total. The number of aryl methyl sites for hydroxylation is 2. The summed E-state index contributed by atoms with van der Waals surface area (Å²) in [6.07, 6.45) is 0. The first kappa shape index (κ1) is 15.1. The summed E-state index contributed by atoms with van der Waals surface area (Å²) in [6.45, 7) is 5.76. The maximum atomic E-state index is 5.61. The van der Waals surface area contributed by atoms with Crippen LogP contribution in [0.3, 0.4) is 0 Å². The van der Waals surface area contributed by atoms with E-state index >= 15 is 0 Å². The van der Waals surface area contributed by atoms with Crippen LogP contribution in [0, 0.1) is 13.8 Å². The molecule has 2 N–H and O–H groups in total. The highest BCUT2D eigenvalue weighted by Crippen LogP contribution is 2.08. The number of H-pyrrole nitrogens is 1. The number of aromatic nitrogens is 5. The number of benzene rings is 1. The normalized spacial score (nSPS) is 10.7. The van der Waals surface area contributed by atoms with E-state index in [1.54, 1.807) is 0 Å². The number of nitrogens with one attached hydrogen (secondary N) is 2. The number of rotatable bonds is 7. The Morgan fingerprint density at radius 1 is 1.22 bits per heavy atom. The first-order valence-corrected chi connectivity index (χ1v) is 7.55. The SMILES string of the molecule is Cc1cc(C)n(Cc2nc(NCCOc3ccccc3)n[nH]2)n1. The summed E-state index contributed by atoms with van der Waals surface area (Å²) in [6, 6.07) is 11.8. The van der Waals surface area contributed by atoms with E-state index in [0.717, 1.165) is 23.0 Å². The molecule has 0 fully saturated rings. The van der Waals surface area contributed by atoms with E-state index in [1.807, 2.05) is 54.9 Å². The number of hydrogen-bond acceptors (Lipinski definition) is 5. The molecule has 1 aromatic carbocycles. The topological polar surface area (TPSA) is 80.6 Å². The van der Waals surface area contributed by atoms with Crippen molar-refractivity contribution in [3.8, 4) is 5.75 Å². The van der Waals surface area contributed by atoms with E-state index < -0.39 is 0 Å². The largest absolute Gasteiger partial charge is 0.492 e. The molecule has 7 heteroatoms. The van der Waals surface area contributed by atoms with Crippen molar-refractivity contribution in [2.75, 3.05) is 18.5 Å². The van der Waals surface area contributed by atoms with Crippen LogP contribution in [0.5, 0.6) is 5.75 Å². The van der Waals surface area contributed by atoms with Crippen molar-refractivity contribution in [2.24, 2.45) is 0 Å². The molecule has 0 amide bonds. The second-order valence-corrected chi connectivity index (χ2v) is 5.28. The average Bonchev–Trinajstić information content (AvgIpc) is 3.12. The van der Waals surface area contributed by atoms with Gasteiger partial charge in [-0.3, -0.25) is 9.78 Å². The molecule has 23 heavy (non-hydrogen) atoms. The lowest BCUT2D eigenvalue weighted by Gasteiger charge is -2.05. The van der Waals surface area contributed by atoms with Crippen molar-refractivity contribution < 1.29 is 4.74 Å². The van der Waals surface area contributed by atoms with Gasteiger partial charge >= 0.3 is 0 Å². The molecule has 120 valence electrons. The van der Waals surface area contributed by atoms with Gasteiger partial charge in [-0.15, -0.1) is 5.10 Å². The number of nitrogens with zero attached hydrogens (tertiary/aromatic N) is 4. The smallest absolute Gasteiger partial charge is 0.242 e. The highest BCUT2D eigenvalue weighted by Gasteiger charge is 2.06. The lowest BCUT2D eigenvalue weighted by atomic mass is 10.3. The van der Waals surface area contributed by atoms with E-state index in [0.29, 0.717) is 25.6 Å². The lowest BCUT2D eigenvalue weighted by Crippen LogP contribution is -2.12. The Kier molecular flexibility index (Phi) is 4.56. The number of anilines is 1. The van der Waals surface area contributed by atoms with E-state index in [4.69, 9.17) is 4.74 Å². The molecule has 0 bridgehead atoms. The summed E-state index contributed by atoms with van der Waals surface area (Å²) in [5.74, 6) is 2.19. The summed E-state index contributed by atoms with van der Waals surface area (Å²) in [4.78, 5) is 4.41. The van der Waals surface area contributed by atoms with Crippen LogP contribution >= 0.6 is 0 Å². The Balaban J connectivity index is 1.47. The van der Waals surface area contributed by atoms with Crippen LogP contribution < -0.4 is 10.1 Å². The van der Waals surface area contributed by atoms with Gasteiger partial charge in [-0.05, 0) is 32.0 Å². The van der Waals surface area contributed by atoms with Crippen molar-refractivity contribution in [1.82, 2.24) is 25.0 Å². The van der Waals surface area contributed by atoms with Gasteiger partial charge in [0.2, 0.25) is 5.95 Å². The van der Waals surface area contributed by atoms with Gasteiger partial charge < -0.3 is 10.1 Å². The third-order valence-corrected chi connectivity index (χ3v) is 3.33. The van der Waals surface area contributed by atoms with Crippen molar-refractivity contribution >= 4 is 5.95 Å². The van der Waals surface area contributed by atoms with Crippen LogP contribution in [-0.4, -0.2) is 38.1 Å². The fourth-order valence-corrected chi connectivity index (χ4v) is 2.27. The summed E-state index contributed by atoms with van der Waals surface area (Å²) in [7, 11) is 0. The molecular weight excluding hydrogens is 292 g/mol. The predicted molar refractivity (Wildman–Crippen MR) is 87.6 cm³/mol. The van der Waals surface area contributed by atoms with Gasteiger partial charge in [-0.1, -0.05) is 18.2 Å². The predicted octanol–water partition coefficient (Wildman–Crippen LogP) is 2.16. The van der Waals surface area contributed by atoms with Crippen molar-refractivity contribution in [3.05, 3.63) is 53.6 Å². The molecule has 0 radical (unpaired) electrons. The third kappa shape index (κ3) is 4.09. The first-order chi connectivity index (χ1) is 11.2. The Hall–Kier alpha value is -2.83. The molecule has 2 aromatic heterocycles. The fourth-order valence-electron chi connectivity index (χ4n) is 2.27. The highest BCUT2D eigenvalue weighted by molar-refractivity contribution is 5.23. The monoisotopic (exact) mass is 312 g/mol. The molecule has 0 aliphatic carbocycles.